The van der Waals surface area contributed by atoms with Crippen molar-refractivity contribution in [1.82, 2.24) is 9.88 Å². The fraction of sp³-hybridized carbons (Fsp3) is 0.368. The predicted molar refractivity (Wildman–Crippen MR) is 94.5 cm³/mol. The van der Waals surface area contributed by atoms with Crippen molar-refractivity contribution < 1.29 is 23.1 Å². The van der Waals surface area contributed by atoms with E-state index in [0.717, 1.165) is 11.9 Å². The number of carbonyl (C=O) groups is 1. The second kappa shape index (κ2) is 7.85. The van der Waals surface area contributed by atoms with Crippen LogP contribution in [0.1, 0.15) is 17.5 Å². The monoisotopic (exact) mass is 379 g/mol. The van der Waals surface area contributed by atoms with Gasteiger partial charge in [-0.05, 0) is 30.2 Å². The van der Waals surface area contributed by atoms with E-state index in [9.17, 15) is 23.1 Å². The van der Waals surface area contributed by atoms with E-state index in [0.29, 0.717) is 26.2 Å². The van der Waals surface area contributed by atoms with Gasteiger partial charge in [-0.15, -0.1) is 0 Å². The summed E-state index contributed by atoms with van der Waals surface area (Å²) in [6, 6.07) is 8.63. The smallest absolute Gasteiger partial charge is 0.416 e. The molecule has 0 aliphatic carbocycles. The quantitative estimate of drug-likeness (QED) is 0.887. The summed E-state index contributed by atoms with van der Waals surface area (Å²) in [7, 11) is 0. The molecule has 5 nitrogen and oxygen atoms in total. The average Bonchev–Trinajstić information content (AvgIpc) is 2.66. The van der Waals surface area contributed by atoms with Crippen LogP contribution in [0.2, 0.25) is 0 Å². The molecule has 144 valence electrons. The van der Waals surface area contributed by atoms with Crippen molar-refractivity contribution in [2.45, 2.75) is 19.0 Å². The Kier molecular flexibility index (Phi) is 5.53. The number of aryl methyl sites for hydroxylation is 1. The minimum atomic E-state index is -4.41. The zero-order valence-corrected chi connectivity index (χ0v) is 14.6. The van der Waals surface area contributed by atoms with Gasteiger partial charge >= 0.3 is 6.18 Å². The van der Waals surface area contributed by atoms with Gasteiger partial charge in [-0.3, -0.25) is 4.79 Å². The van der Waals surface area contributed by atoms with Crippen LogP contribution in [0.15, 0.2) is 42.6 Å². The zero-order valence-electron chi connectivity index (χ0n) is 14.6. The third kappa shape index (κ3) is 4.69. The molecule has 1 amide bonds. The first kappa shape index (κ1) is 19.0. The van der Waals surface area contributed by atoms with Crippen LogP contribution in [0.25, 0.3) is 0 Å². The number of carbonyl (C=O) groups excluding carboxylic acids is 1. The summed E-state index contributed by atoms with van der Waals surface area (Å²) in [5, 5.41) is 9.29. The summed E-state index contributed by atoms with van der Waals surface area (Å²) in [5.74, 6) is 0.663. The van der Waals surface area contributed by atoms with Crippen LogP contribution < -0.4 is 4.90 Å². The molecule has 0 unspecified atom stereocenters. The third-order valence-electron chi connectivity index (χ3n) is 4.62. The number of piperazine rings is 1. The van der Waals surface area contributed by atoms with E-state index in [1.165, 1.54) is 18.3 Å². The molecule has 2 heterocycles. The molecule has 1 fully saturated rings. The van der Waals surface area contributed by atoms with Gasteiger partial charge in [-0.1, -0.05) is 18.2 Å². The highest BCUT2D eigenvalue weighted by atomic mass is 19.4. The number of benzene rings is 1. The summed E-state index contributed by atoms with van der Waals surface area (Å²) in [5.41, 5.74) is -0.536. The number of aromatic hydroxyl groups is 1. The van der Waals surface area contributed by atoms with Crippen LogP contribution in [-0.4, -0.2) is 47.1 Å². The highest BCUT2D eigenvalue weighted by Crippen LogP contribution is 2.32. The third-order valence-corrected chi connectivity index (χ3v) is 4.62. The predicted octanol–water partition coefficient (Wildman–Crippen LogP) is 3.09. The molecular weight excluding hydrogens is 359 g/mol. The minimum absolute atomic E-state index is 0.0462. The first-order valence-electron chi connectivity index (χ1n) is 8.67. The molecule has 0 saturated carbocycles. The van der Waals surface area contributed by atoms with Crippen molar-refractivity contribution >= 4 is 11.7 Å². The Morgan fingerprint density at radius 2 is 1.78 bits per heavy atom. The Morgan fingerprint density at radius 1 is 1.07 bits per heavy atom. The molecule has 0 radical (unpaired) electrons. The maximum Gasteiger partial charge on any atom is 0.416 e. The lowest BCUT2D eigenvalue weighted by Gasteiger charge is -2.35. The first-order valence-corrected chi connectivity index (χ1v) is 8.67. The Bertz CT molecular complexity index is 786. The van der Waals surface area contributed by atoms with Crippen LogP contribution in [0.5, 0.6) is 5.75 Å². The van der Waals surface area contributed by atoms with Crippen molar-refractivity contribution in [3.05, 3.63) is 53.7 Å². The van der Waals surface area contributed by atoms with Gasteiger partial charge in [0.1, 0.15) is 11.6 Å². The van der Waals surface area contributed by atoms with Crippen LogP contribution in [0.4, 0.5) is 19.0 Å². The van der Waals surface area contributed by atoms with Crippen LogP contribution in [0.3, 0.4) is 0 Å². The zero-order chi connectivity index (χ0) is 19.4. The molecular formula is C19H20F3N3O2. The molecule has 0 spiro atoms. The number of hydrogen-bond donors (Lipinski definition) is 1. The number of amides is 1. The number of halogens is 3. The Hall–Kier alpha value is -2.77. The van der Waals surface area contributed by atoms with E-state index in [2.05, 4.69) is 4.98 Å². The summed E-state index contributed by atoms with van der Waals surface area (Å²) < 4.78 is 39.1. The molecule has 8 heteroatoms. The maximum absolute atomic E-state index is 13.0. The van der Waals surface area contributed by atoms with Crippen LogP contribution in [-0.2, 0) is 17.4 Å². The lowest BCUT2D eigenvalue weighted by atomic mass is 10.0. The molecule has 1 aliphatic heterocycles. The molecule has 27 heavy (non-hydrogen) atoms. The highest BCUT2D eigenvalue weighted by Gasteiger charge is 2.33. The number of pyridine rings is 1. The molecule has 0 bridgehead atoms. The standard InChI is InChI=1S/C19H20F3N3O2/c20-19(21,22)16-4-2-1-3-14(16)5-8-18(27)25-11-9-24(10-12-25)17-7-6-15(26)13-23-17/h1-4,6-7,13,26H,5,8-12H2. The van der Waals surface area contributed by atoms with Gasteiger partial charge in [0.05, 0.1) is 11.8 Å². The molecule has 0 atom stereocenters. The molecule has 1 aliphatic rings. The van der Waals surface area contributed by atoms with E-state index >= 15 is 0 Å². The lowest BCUT2D eigenvalue weighted by Crippen LogP contribution is -2.49. The van der Waals surface area contributed by atoms with Gasteiger partial charge in [0.15, 0.2) is 0 Å². The number of alkyl halides is 3. The van der Waals surface area contributed by atoms with E-state index in [4.69, 9.17) is 0 Å². The lowest BCUT2D eigenvalue weighted by molar-refractivity contribution is -0.138. The van der Waals surface area contributed by atoms with Crippen molar-refractivity contribution in [2.75, 3.05) is 31.1 Å². The number of hydrogen-bond acceptors (Lipinski definition) is 4. The van der Waals surface area contributed by atoms with Gasteiger partial charge in [-0.25, -0.2) is 4.98 Å². The fourth-order valence-electron chi connectivity index (χ4n) is 3.16. The fourth-order valence-corrected chi connectivity index (χ4v) is 3.16. The van der Waals surface area contributed by atoms with Gasteiger partial charge in [0.25, 0.3) is 0 Å². The Balaban J connectivity index is 1.54. The van der Waals surface area contributed by atoms with Gasteiger partial charge in [-0.2, -0.15) is 13.2 Å². The average molecular weight is 379 g/mol. The van der Waals surface area contributed by atoms with Gasteiger partial charge in [0, 0.05) is 32.6 Å². The van der Waals surface area contributed by atoms with E-state index in [1.807, 2.05) is 4.90 Å². The number of anilines is 1. The van der Waals surface area contributed by atoms with E-state index in [1.54, 1.807) is 23.1 Å². The van der Waals surface area contributed by atoms with Crippen molar-refractivity contribution in [1.29, 1.82) is 0 Å². The SMILES string of the molecule is O=C(CCc1ccccc1C(F)(F)F)N1CCN(c2ccc(O)cn2)CC1. The highest BCUT2D eigenvalue weighted by molar-refractivity contribution is 5.76. The van der Waals surface area contributed by atoms with Crippen LogP contribution in [0, 0.1) is 0 Å². The maximum atomic E-state index is 13.0. The van der Waals surface area contributed by atoms with Crippen molar-refractivity contribution in [3.8, 4) is 5.75 Å². The molecule has 1 N–H and O–H groups in total. The topological polar surface area (TPSA) is 56.7 Å². The van der Waals surface area contributed by atoms with Gasteiger partial charge < -0.3 is 14.9 Å². The largest absolute Gasteiger partial charge is 0.506 e. The number of nitrogens with zero attached hydrogens (tertiary/aromatic N) is 3. The molecule has 1 aromatic carbocycles. The molecule has 3 rings (SSSR count). The summed E-state index contributed by atoms with van der Waals surface area (Å²) in [6.45, 7) is 2.15. The number of aromatic nitrogens is 1. The molecule has 2 aromatic rings. The van der Waals surface area contributed by atoms with Crippen LogP contribution >= 0.6 is 0 Å². The second-order valence-electron chi connectivity index (χ2n) is 6.40. The van der Waals surface area contributed by atoms with Gasteiger partial charge in [0.2, 0.25) is 5.91 Å². The first-order chi connectivity index (χ1) is 12.8. The number of rotatable bonds is 4. The summed E-state index contributed by atoms with van der Waals surface area (Å²) >= 11 is 0. The normalized spacial score (nSPS) is 15.1. The van der Waals surface area contributed by atoms with E-state index < -0.39 is 11.7 Å². The van der Waals surface area contributed by atoms with Crippen molar-refractivity contribution in [3.63, 3.8) is 0 Å². The summed E-state index contributed by atoms with van der Waals surface area (Å²) in [6.07, 6.45) is -2.94. The Labute approximate surface area is 155 Å². The Morgan fingerprint density at radius 3 is 2.41 bits per heavy atom. The molecule has 1 saturated heterocycles. The van der Waals surface area contributed by atoms with Crippen molar-refractivity contribution in [2.24, 2.45) is 0 Å². The molecule has 1 aromatic heterocycles. The van der Waals surface area contributed by atoms with E-state index in [-0.39, 0.29) is 30.1 Å². The summed E-state index contributed by atoms with van der Waals surface area (Å²) in [4.78, 5) is 20.2. The second-order valence-corrected chi connectivity index (χ2v) is 6.40. The minimum Gasteiger partial charge on any atom is -0.506 e.